The number of phenols is 1. The van der Waals surface area contributed by atoms with Crippen molar-refractivity contribution in [3.05, 3.63) is 52.5 Å². The van der Waals surface area contributed by atoms with Crippen LogP contribution in [0.5, 0.6) is 5.75 Å². The molecule has 18 heavy (non-hydrogen) atoms. The van der Waals surface area contributed by atoms with Crippen LogP contribution in [0.4, 0.5) is 11.4 Å². The van der Waals surface area contributed by atoms with Crippen LogP contribution in [0, 0.1) is 0 Å². The van der Waals surface area contributed by atoms with E-state index < -0.39 is 0 Å². The van der Waals surface area contributed by atoms with Gasteiger partial charge in [-0.25, -0.2) is 0 Å². The van der Waals surface area contributed by atoms with E-state index in [1.54, 1.807) is 6.07 Å². The quantitative estimate of drug-likeness (QED) is 0.675. The zero-order chi connectivity index (χ0) is 13.0. The normalized spacial score (nSPS) is 10.7. The van der Waals surface area contributed by atoms with Crippen molar-refractivity contribution in [3.63, 3.8) is 0 Å². The largest absolute Gasteiger partial charge is 0.507 e. The maximum absolute atomic E-state index is 10.7. The molecule has 4 nitrogen and oxygen atoms in total. The predicted octanol–water partition coefficient (Wildman–Crippen LogP) is 4.38. The van der Waals surface area contributed by atoms with Gasteiger partial charge < -0.3 is 5.11 Å². The van der Waals surface area contributed by atoms with Gasteiger partial charge in [0.1, 0.15) is 5.75 Å². The lowest BCUT2D eigenvalue weighted by Gasteiger charge is -1.98. The first-order valence-electron chi connectivity index (χ1n) is 5.14. The summed E-state index contributed by atoms with van der Waals surface area (Å²) in [6.45, 7) is 0. The summed E-state index contributed by atoms with van der Waals surface area (Å²) in [5, 5.41) is 17.4. The highest BCUT2D eigenvalue weighted by atomic mass is 79.9. The average molecular weight is 305 g/mol. The van der Waals surface area contributed by atoms with Crippen molar-refractivity contribution in [1.29, 1.82) is 0 Å². The minimum Gasteiger partial charge on any atom is -0.507 e. The molecule has 2 aromatic carbocycles. The molecule has 0 aromatic heterocycles. The second-order valence-electron chi connectivity index (χ2n) is 3.54. The number of carbonyl (C=O) groups excluding carboxylic acids is 1. The lowest BCUT2D eigenvalue weighted by Crippen LogP contribution is -1.79. The van der Waals surface area contributed by atoms with Crippen molar-refractivity contribution in [3.8, 4) is 5.75 Å². The van der Waals surface area contributed by atoms with E-state index in [1.165, 1.54) is 12.1 Å². The van der Waals surface area contributed by atoms with E-state index in [0.29, 0.717) is 17.7 Å². The van der Waals surface area contributed by atoms with Crippen molar-refractivity contribution in [2.24, 2.45) is 10.2 Å². The number of azo groups is 1. The molecule has 5 heteroatoms. The van der Waals surface area contributed by atoms with Gasteiger partial charge in [0, 0.05) is 4.47 Å². The van der Waals surface area contributed by atoms with Crippen LogP contribution >= 0.6 is 15.9 Å². The van der Waals surface area contributed by atoms with Crippen LogP contribution in [0.2, 0.25) is 0 Å². The summed E-state index contributed by atoms with van der Waals surface area (Å²) >= 11 is 3.33. The highest BCUT2D eigenvalue weighted by Gasteiger charge is 2.00. The zero-order valence-electron chi connectivity index (χ0n) is 9.25. The van der Waals surface area contributed by atoms with E-state index in [0.717, 1.165) is 4.47 Å². The summed E-state index contributed by atoms with van der Waals surface area (Å²) in [5.74, 6) is -0.0624. The molecule has 2 rings (SSSR count). The van der Waals surface area contributed by atoms with Crippen LogP contribution in [0.15, 0.2) is 57.2 Å². The predicted molar refractivity (Wildman–Crippen MR) is 71.8 cm³/mol. The Hall–Kier alpha value is -2.01. The van der Waals surface area contributed by atoms with Gasteiger partial charge in [-0.15, -0.1) is 0 Å². The summed E-state index contributed by atoms with van der Waals surface area (Å²) in [7, 11) is 0. The number of hydrogen-bond acceptors (Lipinski definition) is 4. The van der Waals surface area contributed by atoms with Crippen molar-refractivity contribution in [1.82, 2.24) is 0 Å². The summed E-state index contributed by atoms with van der Waals surface area (Å²) < 4.78 is 0.967. The third-order valence-electron chi connectivity index (χ3n) is 2.25. The van der Waals surface area contributed by atoms with Gasteiger partial charge in [-0.1, -0.05) is 15.9 Å². The number of hydrogen-bond donors (Lipinski definition) is 1. The minimum absolute atomic E-state index is 0.0624. The number of phenolic OH excluding ortho intramolecular Hbond substituents is 1. The topological polar surface area (TPSA) is 62.0 Å². The van der Waals surface area contributed by atoms with Gasteiger partial charge in [0.2, 0.25) is 0 Å². The summed E-state index contributed by atoms with van der Waals surface area (Å²) in [5.41, 5.74) is 1.42. The molecule has 0 radical (unpaired) electrons. The third-order valence-corrected chi connectivity index (χ3v) is 2.77. The molecule has 0 fully saturated rings. The van der Waals surface area contributed by atoms with Crippen molar-refractivity contribution in [2.75, 3.05) is 0 Å². The van der Waals surface area contributed by atoms with Gasteiger partial charge in [0.15, 0.2) is 6.29 Å². The van der Waals surface area contributed by atoms with Gasteiger partial charge in [-0.2, -0.15) is 10.2 Å². The Labute approximate surface area is 112 Å². The van der Waals surface area contributed by atoms with Crippen LogP contribution in [0.25, 0.3) is 0 Å². The van der Waals surface area contributed by atoms with Crippen LogP contribution < -0.4 is 0 Å². The maximum Gasteiger partial charge on any atom is 0.153 e. The number of aldehydes is 1. The van der Waals surface area contributed by atoms with Gasteiger partial charge in [0.25, 0.3) is 0 Å². The van der Waals surface area contributed by atoms with Crippen LogP contribution in [0.1, 0.15) is 10.4 Å². The Morgan fingerprint density at radius 2 is 1.61 bits per heavy atom. The lowest BCUT2D eigenvalue weighted by molar-refractivity contribution is 0.112. The molecule has 0 aliphatic heterocycles. The molecule has 1 N–H and O–H groups in total. The summed E-state index contributed by atoms with van der Waals surface area (Å²) in [6.07, 6.45) is 0.577. The van der Waals surface area contributed by atoms with Crippen LogP contribution in [-0.2, 0) is 0 Å². The van der Waals surface area contributed by atoms with E-state index in [9.17, 15) is 9.90 Å². The standard InChI is InChI=1S/C13H9BrN2O2/c14-10-1-3-11(4-2-10)15-16-12-5-6-13(18)9(7-12)8-17/h1-8,18H/b16-15+. The fourth-order valence-corrected chi connectivity index (χ4v) is 1.59. The molecular weight excluding hydrogens is 296 g/mol. The molecule has 2 aromatic rings. The number of nitrogens with zero attached hydrogens (tertiary/aromatic N) is 2. The maximum atomic E-state index is 10.7. The van der Waals surface area contributed by atoms with Crippen molar-refractivity contribution in [2.45, 2.75) is 0 Å². The molecule has 0 unspecified atom stereocenters. The first-order valence-corrected chi connectivity index (χ1v) is 5.94. The fraction of sp³-hybridized carbons (Fsp3) is 0. The molecule has 90 valence electrons. The molecule has 0 aliphatic carbocycles. The zero-order valence-corrected chi connectivity index (χ0v) is 10.8. The van der Waals surface area contributed by atoms with E-state index >= 15 is 0 Å². The molecular formula is C13H9BrN2O2. The molecule has 0 bridgehead atoms. The number of halogens is 1. The number of aromatic hydroxyl groups is 1. The first-order chi connectivity index (χ1) is 8.69. The van der Waals surface area contributed by atoms with Crippen LogP contribution in [-0.4, -0.2) is 11.4 Å². The SMILES string of the molecule is O=Cc1cc(/N=N/c2ccc(Br)cc2)ccc1O. The molecule has 0 saturated carbocycles. The van der Waals surface area contributed by atoms with E-state index in [2.05, 4.69) is 26.2 Å². The Morgan fingerprint density at radius 1 is 1.00 bits per heavy atom. The molecule has 0 amide bonds. The molecule has 0 heterocycles. The lowest BCUT2D eigenvalue weighted by atomic mass is 10.2. The van der Waals surface area contributed by atoms with E-state index in [1.807, 2.05) is 24.3 Å². The Balaban J connectivity index is 2.23. The molecule has 0 spiro atoms. The monoisotopic (exact) mass is 304 g/mol. The Kier molecular flexibility index (Phi) is 3.84. The first kappa shape index (κ1) is 12.4. The smallest absolute Gasteiger partial charge is 0.153 e. The minimum atomic E-state index is -0.0624. The third kappa shape index (κ3) is 3.01. The number of carbonyl (C=O) groups is 1. The van der Waals surface area contributed by atoms with Gasteiger partial charge in [-0.3, -0.25) is 4.79 Å². The highest BCUT2D eigenvalue weighted by molar-refractivity contribution is 9.10. The van der Waals surface area contributed by atoms with Crippen molar-refractivity contribution < 1.29 is 9.90 Å². The van der Waals surface area contributed by atoms with Crippen LogP contribution in [0.3, 0.4) is 0 Å². The fourth-order valence-electron chi connectivity index (χ4n) is 1.32. The molecule has 0 saturated heterocycles. The Bertz CT molecular complexity index is 594. The van der Waals surface area contributed by atoms with Gasteiger partial charge in [0.05, 0.1) is 16.9 Å². The van der Waals surface area contributed by atoms with Gasteiger partial charge in [-0.05, 0) is 42.5 Å². The van der Waals surface area contributed by atoms with Gasteiger partial charge >= 0.3 is 0 Å². The number of rotatable bonds is 3. The summed E-state index contributed by atoms with van der Waals surface area (Å²) in [6, 6.07) is 11.8. The second kappa shape index (κ2) is 5.55. The average Bonchev–Trinajstić information content (AvgIpc) is 2.39. The van der Waals surface area contributed by atoms with Crippen molar-refractivity contribution >= 4 is 33.6 Å². The number of benzene rings is 2. The summed E-state index contributed by atoms with van der Waals surface area (Å²) in [4.78, 5) is 10.7. The highest BCUT2D eigenvalue weighted by Crippen LogP contribution is 2.24. The van der Waals surface area contributed by atoms with E-state index in [-0.39, 0.29) is 11.3 Å². The Morgan fingerprint density at radius 3 is 2.28 bits per heavy atom. The molecule has 0 atom stereocenters. The molecule has 0 aliphatic rings. The second-order valence-corrected chi connectivity index (χ2v) is 4.45. The van der Waals surface area contributed by atoms with E-state index in [4.69, 9.17) is 0 Å².